The van der Waals surface area contributed by atoms with Gasteiger partial charge in [-0.25, -0.2) is 0 Å². The fourth-order valence-electron chi connectivity index (χ4n) is 3.14. The molecule has 0 saturated heterocycles. The number of likely N-dealkylation sites (N-methyl/N-ethyl adjacent to an activating group) is 1. The summed E-state index contributed by atoms with van der Waals surface area (Å²) in [5.41, 5.74) is 3.21. The fourth-order valence-corrected chi connectivity index (χ4v) is 3.14. The lowest BCUT2D eigenvalue weighted by atomic mass is 10.2. The van der Waals surface area contributed by atoms with Crippen molar-refractivity contribution < 1.29 is 14.3 Å². The zero-order chi connectivity index (χ0) is 22.1. The maximum atomic E-state index is 12.3. The summed E-state index contributed by atoms with van der Waals surface area (Å²) in [7, 11) is 3.48. The monoisotopic (exact) mass is 415 g/mol. The van der Waals surface area contributed by atoms with Gasteiger partial charge in [0, 0.05) is 12.2 Å². The molecular formula is C25H25N3O3. The average molecular weight is 415 g/mol. The summed E-state index contributed by atoms with van der Waals surface area (Å²) < 4.78 is 11.4. The Bertz CT molecular complexity index is 1060. The van der Waals surface area contributed by atoms with Crippen molar-refractivity contribution in [3.8, 4) is 17.6 Å². The second-order valence-electron chi connectivity index (χ2n) is 7.17. The summed E-state index contributed by atoms with van der Waals surface area (Å²) in [4.78, 5) is 14.2. The van der Waals surface area contributed by atoms with Crippen LogP contribution >= 0.6 is 0 Å². The standard InChI is InChI=1S/C25H25N3O3/c1-28(17-25(29)27-22-10-6-9-20(13-22)15-26)16-21-11-12-23(24(14-21)30-2)31-18-19-7-4-3-5-8-19/h3-14H,16-18H2,1-2H3,(H,27,29). The Morgan fingerprint density at radius 1 is 1.00 bits per heavy atom. The van der Waals surface area contributed by atoms with Crippen LogP contribution in [-0.2, 0) is 17.9 Å². The molecule has 31 heavy (non-hydrogen) atoms. The van der Waals surface area contributed by atoms with Gasteiger partial charge in [0.25, 0.3) is 0 Å². The van der Waals surface area contributed by atoms with Crippen molar-refractivity contribution in [2.45, 2.75) is 13.2 Å². The lowest BCUT2D eigenvalue weighted by molar-refractivity contribution is -0.117. The molecule has 0 aliphatic rings. The van der Waals surface area contributed by atoms with Crippen LogP contribution in [0.25, 0.3) is 0 Å². The van der Waals surface area contributed by atoms with Crippen LogP contribution in [0, 0.1) is 11.3 Å². The molecule has 0 bridgehead atoms. The van der Waals surface area contributed by atoms with E-state index in [0.29, 0.717) is 35.9 Å². The molecule has 6 nitrogen and oxygen atoms in total. The van der Waals surface area contributed by atoms with E-state index in [1.54, 1.807) is 31.4 Å². The van der Waals surface area contributed by atoms with Gasteiger partial charge in [0.2, 0.25) is 5.91 Å². The number of rotatable bonds is 9. The smallest absolute Gasteiger partial charge is 0.238 e. The molecule has 3 aromatic rings. The van der Waals surface area contributed by atoms with Crippen LogP contribution in [0.3, 0.4) is 0 Å². The SMILES string of the molecule is COc1cc(CN(C)CC(=O)Nc2cccc(C#N)c2)ccc1OCc1ccccc1. The number of anilines is 1. The predicted molar refractivity (Wildman–Crippen MR) is 120 cm³/mol. The van der Waals surface area contributed by atoms with E-state index in [9.17, 15) is 4.79 Å². The van der Waals surface area contributed by atoms with Crippen LogP contribution in [-0.4, -0.2) is 31.5 Å². The van der Waals surface area contributed by atoms with Crippen molar-refractivity contribution in [3.63, 3.8) is 0 Å². The van der Waals surface area contributed by atoms with Gasteiger partial charge in [-0.1, -0.05) is 42.5 Å². The Morgan fingerprint density at radius 2 is 1.81 bits per heavy atom. The third-order valence-electron chi connectivity index (χ3n) is 4.61. The first-order valence-corrected chi connectivity index (χ1v) is 9.89. The first-order valence-electron chi connectivity index (χ1n) is 9.89. The number of carbonyl (C=O) groups is 1. The van der Waals surface area contributed by atoms with E-state index in [4.69, 9.17) is 14.7 Å². The molecule has 0 fully saturated rings. The van der Waals surface area contributed by atoms with Crippen LogP contribution in [0.1, 0.15) is 16.7 Å². The number of nitriles is 1. The summed E-state index contributed by atoms with van der Waals surface area (Å²) in [5, 5.41) is 11.8. The van der Waals surface area contributed by atoms with Crippen molar-refractivity contribution in [1.29, 1.82) is 5.26 Å². The number of nitrogens with one attached hydrogen (secondary N) is 1. The first-order chi connectivity index (χ1) is 15.1. The summed E-state index contributed by atoms with van der Waals surface area (Å²) >= 11 is 0. The highest BCUT2D eigenvalue weighted by Crippen LogP contribution is 2.29. The molecule has 0 spiro atoms. The van der Waals surface area contributed by atoms with Gasteiger partial charge in [-0.15, -0.1) is 0 Å². The zero-order valence-electron chi connectivity index (χ0n) is 17.7. The van der Waals surface area contributed by atoms with Crippen LogP contribution in [0.2, 0.25) is 0 Å². The number of amides is 1. The van der Waals surface area contributed by atoms with Gasteiger partial charge in [0.1, 0.15) is 6.61 Å². The third kappa shape index (κ3) is 6.59. The van der Waals surface area contributed by atoms with Crippen molar-refractivity contribution in [2.75, 3.05) is 26.0 Å². The molecule has 0 atom stereocenters. The largest absolute Gasteiger partial charge is 0.493 e. The van der Waals surface area contributed by atoms with Gasteiger partial charge >= 0.3 is 0 Å². The van der Waals surface area contributed by atoms with E-state index in [1.807, 2.05) is 60.5 Å². The molecule has 1 N–H and O–H groups in total. The predicted octanol–water partition coefficient (Wildman–Crippen LogP) is 4.22. The Balaban J connectivity index is 1.56. The van der Waals surface area contributed by atoms with Gasteiger partial charge in [-0.2, -0.15) is 5.26 Å². The molecule has 0 heterocycles. The highest BCUT2D eigenvalue weighted by Gasteiger charge is 2.11. The Morgan fingerprint density at radius 3 is 2.55 bits per heavy atom. The topological polar surface area (TPSA) is 74.6 Å². The third-order valence-corrected chi connectivity index (χ3v) is 4.61. The minimum Gasteiger partial charge on any atom is -0.493 e. The minimum absolute atomic E-state index is 0.146. The Hall–Kier alpha value is -3.82. The summed E-state index contributed by atoms with van der Waals surface area (Å²) in [6, 6.07) is 24.6. The average Bonchev–Trinajstić information content (AvgIpc) is 2.78. The lowest BCUT2D eigenvalue weighted by Gasteiger charge is -2.18. The molecule has 6 heteroatoms. The number of ether oxygens (including phenoxy) is 2. The van der Waals surface area contributed by atoms with E-state index in [0.717, 1.165) is 11.1 Å². The number of nitrogens with zero attached hydrogens (tertiary/aromatic N) is 2. The molecule has 0 aromatic heterocycles. The summed E-state index contributed by atoms with van der Waals surface area (Å²) in [6.45, 7) is 1.25. The molecule has 0 saturated carbocycles. The van der Waals surface area contributed by atoms with Crippen molar-refractivity contribution in [3.05, 3.63) is 89.5 Å². The van der Waals surface area contributed by atoms with E-state index < -0.39 is 0 Å². The number of methoxy groups -OCH3 is 1. The highest BCUT2D eigenvalue weighted by molar-refractivity contribution is 5.92. The van der Waals surface area contributed by atoms with Crippen molar-refractivity contribution in [2.24, 2.45) is 0 Å². The molecule has 0 aliphatic carbocycles. The maximum Gasteiger partial charge on any atom is 0.238 e. The summed E-state index contributed by atoms with van der Waals surface area (Å²) in [6.07, 6.45) is 0. The minimum atomic E-state index is -0.146. The van der Waals surface area contributed by atoms with Gasteiger partial charge in [0.15, 0.2) is 11.5 Å². The molecule has 0 radical (unpaired) electrons. The van der Waals surface area contributed by atoms with Crippen LogP contribution < -0.4 is 14.8 Å². The van der Waals surface area contributed by atoms with E-state index >= 15 is 0 Å². The first kappa shape index (κ1) is 21.9. The second-order valence-corrected chi connectivity index (χ2v) is 7.17. The zero-order valence-corrected chi connectivity index (χ0v) is 17.7. The van der Waals surface area contributed by atoms with Gasteiger partial charge in [-0.3, -0.25) is 9.69 Å². The van der Waals surface area contributed by atoms with E-state index in [-0.39, 0.29) is 12.5 Å². The molecule has 3 rings (SSSR count). The van der Waals surface area contributed by atoms with Crippen LogP contribution in [0.4, 0.5) is 5.69 Å². The number of benzene rings is 3. The van der Waals surface area contributed by atoms with Crippen LogP contribution in [0.15, 0.2) is 72.8 Å². The quantitative estimate of drug-likeness (QED) is 0.566. The molecule has 158 valence electrons. The van der Waals surface area contributed by atoms with Gasteiger partial charge in [-0.05, 0) is 48.5 Å². The normalized spacial score (nSPS) is 10.4. The molecule has 3 aromatic carbocycles. The molecular weight excluding hydrogens is 390 g/mol. The maximum absolute atomic E-state index is 12.3. The number of hydrogen-bond acceptors (Lipinski definition) is 5. The van der Waals surface area contributed by atoms with Gasteiger partial charge < -0.3 is 14.8 Å². The molecule has 0 unspecified atom stereocenters. The molecule has 0 aliphatic heterocycles. The Kier molecular flexibility index (Phi) is 7.63. The highest BCUT2D eigenvalue weighted by atomic mass is 16.5. The fraction of sp³-hybridized carbons (Fsp3) is 0.200. The van der Waals surface area contributed by atoms with E-state index in [2.05, 4.69) is 11.4 Å². The summed E-state index contributed by atoms with van der Waals surface area (Å²) in [5.74, 6) is 1.18. The molecule has 1 amide bonds. The van der Waals surface area contributed by atoms with Crippen molar-refractivity contribution >= 4 is 11.6 Å². The Labute approximate surface area is 182 Å². The second kappa shape index (κ2) is 10.8. The van der Waals surface area contributed by atoms with E-state index in [1.165, 1.54) is 0 Å². The van der Waals surface area contributed by atoms with Crippen LogP contribution in [0.5, 0.6) is 11.5 Å². The lowest BCUT2D eigenvalue weighted by Crippen LogP contribution is -2.29. The number of hydrogen-bond donors (Lipinski definition) is 1. The van der Waals surface area contributed by atoms with Crippen molar-refractivity contribution in [1.82, 2.24) is 4.90 Å². The van der Waals surface area contributed by atoms with Gasteiger partial charge in [0.05, 0.1) is 25.3 Å². The number of carbonyl (C=O) groups excluding carboxylic acids is 1.